The maximum absolute atomic E-state index is 12.3. The number of hydrogen-bond donors (Lipinski definition) is 1. The van der Waals surface area contributed by atoms with E-state index in [-0.39, 0.29) is 11.9 Å². The lowest BCUT2D eigenvalue weighted by Gasteiger charge is -2.40. The fourth-order valence-electron chi connectivity index (χ4n) is 4.04. The van der Waals surface area contributed by atoms with Crippen LogP contribution in [0.25, 0.3) is 0 Å². The monoisotopic (exact) mass is 408 g/mol. The Hall–Kier alpha value is -2.53. The third-order valence-electron chi connectivity index (χ3n) is 5.76. The minimum absolute atomic E-state index is 0.142. The number of amides is 1. The summed E-state index contributed by atoms with van der Waals surface area (Å²) in [5.74, 6) is 0.514. The van der Waals surface area contributed by atoms with Gasteiger partial charge in [-0.2, -0.15) is 0 Å². The Morgan fingerprint density at radius 3 is 2.17 bits per heavy atom. The van der Waals surface area contributed by atoms with E-state index in [1.807, 2.05) is 0 Å². The first kappa shape index (κ1) is 22.2. The predicted molar refractivity (Wildman–Crippen MR) is 126 cm³/mol. The molecule has 1 amide bonds. The number of anilines is 2. The molecule has 1 aliphatic heterocycles. The molecule has 0 radical (unpaired) electrons. The number of piperazine rings is 1. The summed E-state index contributed by atoms with van der Waals surface area (Å²) >= 11 is 0. The van der Waals surface area contributed by atoms with E-state index in [0.29, 0.717) is 18.9 Å². The lowest BCUT2D eigenvalue weighted by molar-refractivity contribution is -0.122. The molecular weight excluding hydrogens is 372 g/mol. The molecule has 1 heterocycles. The predicted octanol–water partition coefficient (Wildman–Crippen LogP) is 3.78. The molecule has 1 N–H and O–H groups in total. The van der Waals surface area contributed by atoms with Gasteiger partial charge in [-0.25, -0.2) is 0 Å². The first-order valence-electron chi connectivity index (χ1n) is 11.0. The van der Waals surface area contributed by atoms with Gasteiger partial charge in [-0.1, -0.05) is 44.2 Å². The van der Waals surface area contributed by atoms with Crippen LogP contribution in [0.15, 0.2) is 54.6 Å². The number of nitrogens with zero attached hydrogens (tertiary/aromatic N) is 3. The molecule has 1 aliphatic rings. The summed E-state index contributed by atoms with van der Waals surface area (Å²) < 4.78 is 0. The summed E-state index contributed by atoms with van der Waals surface area (Å²) in [5.41, 5.74) is 3.74. The first-order chi connectivity index (χ1) is 14.4. The Kier molecular flexibility index (Phi) is 7.75. The molecule has 1 atom stereocenters. The summed E-state index contributed by atoms with van der Waals surface area (Å²) in [6.45, 7) is 8.77. The number of benzene rings is 2. The molecule has 3 rings (SSSR count). The summed E-state index contributed by atoms with van der Waals surface area (Å²) in [4.78, 5) is 19.4. The number of carbonyl (C=O) groups excluding carboxylic acids is 1. The van der Waals surface area contributed by atoms with Crippen LogP contribution in [-0.2, 0) is 4.79 Å². The third-order valence-corrected chi connectivity index (χ3v) is 5.76. The Labute approximate surface area is 181 Å². The normalized spacial score (nSPS) is 15.8. The molecule has 1 saturated heterocycles. The zero-order valence-corrected chi connectivity index (χ0v) is 18.8. The average molecular weight is 409 g/mol. The van der Waals surface area contributed by atoms with Gasteiger partial charge in [0.05, 0.1) is 6.04 Å². The zero-order chi connectivity index (χ0) is 21.5. The lowest BCUT2D eigenvalue weighted by Crippen LogP contribution is -2.50. The van der Waals surface area contributed by atoms with Crippen LogP contribution < -0.4 is 15.1 Å². The van der Waals surface area contributed by atoms with Gasteiger partial charge >= 0.3 is 0 Å². The van der Waals surface area contributed by atoms with E-state index in [4.69, 9.17) is 0 Å². The smallest absolute Gasteiger partial charge is 0.220 e. The molecule has 0 unspecified atom stereocenters. The highest BCUT2D eigenvalue weighted by molar-refractivity contribution is 5.76. The van der Waals surface area contributed by atoms with Crippen LogP contribution >= 0.6 is 0 Å². The summed E-state index contributed by atoms with van der Waals surface area (Å²) in [6.07, 6.45) is 0.577. The Morgan fingerprint density at radius 2 is 1.60 bits per heavy atom. The maximum atomic E-state index is 12.3. The number of nitrogens with one attached hydrogen (secondary N) is 1. The van der Waals surface area contributed by atoms with E-state index < -0.39 is 0 Å². The largest absolute Gasteiger partial charge is 0.378 e. The van der Waals surface area contributed by atoms with Crippen LogP contribution in [0.4, 0.5) is 11.4 Å². The lowest BCUT2D eigenvalue weighted by atomic mass is 10.0. The number of para-hydroxylation sites is 1. The second-order valence-electron chi connectivity index (χ2n) is 8.76. The van der Waals surface area contributed by atoms with E-state index in [2.05, 4.69) is 103 Å². The van der Waals surface area contributed by atoms with Gasteiger partial charge in [0.25, 0.3) is 0 Å². The molecule has 2 aromatic rings. The van der Waals surface area contributed by atoms with Gasteiger partial charge < -0.3 is 15.1 Å². The van der Waals surface area contributed by atoms with E-state index in [0.717, 1.165) is 26.2 Å². The van der Waals surface area contributed by atoms with Crippen molar-refractivity contribution in [1.29, 1.82) is 0 Å². The van der Waals surface area contributed by atoms with Crippen LogP contribution in [-0.4, -0.2) is 57.6 Å². The highest BCUT2D eigenvalue weighted by Gasteiger charge is 2.26. The van der Waals surface area contributed by atoms with Crippen molar-refractivity contribution in [2.45, 2.75) is 26.3 Å². The topological polar surface area (TPSA) is 38.8 Å². The molecule has 5 heteroatoms. The minimum atomic E-state index is 0.142. The van der Waals surface area contributed by atoms with Gasteiger partial charge in [0.2, 0.25) is 5.91 Å². The van der Waals surface area contributed by atoms with Crippen LogP contribution in [0.3, 0.4) is 0 Å². The molecule has 5 nitrogen and oxygen atoms in total. The summed E-state index contributed by atoms with van der Waals surface area (Å²) in [6, 6.07) is 19.6. The SMILES string of the molecule is CC(C)CC(=O)NC[C@@H](c1ccc(N(C)C)cc1)N1CCN(c2ccccc2)CC1. The second kappa shape index (κ2) is 10.5. The Bertz CT molecular complexity index is 781. The van der Waals surface area contributed by atoms with Crippen LogP contribution in [0.1, 0.15) is 31.9 Å². The third kappa shape index (κ3) is 5.99. The molecule has 0 aromatic heterocycles. The van der Waals surface area contributed by atoms with Crippen LogP contribution in [0, 0.1) is 5.92 Å². The zero-order valence-electron chi connectivity index (χ0n) is 18.8. The van der Waals surface area contributed by atoms with Crippen molar-refractivity contribution in [2.24, 2.45) is 5.92 Å². The van der Waals surface area contributed by atoms with Crippen LogP contribution in [0.5, 0.6) is 0 Å². The average Bonchev–Trinajstić information content (AvgIpc) is 2.75. The second-order valence-corrected chi connectivity index (χ2v) is 8.76. The fourth-order valence-corrected chi connectivity index (χ4v) is 4.04. The minimum Gasteiger partial charge on any atom is -0.378 e. The van der Waals surface area contributed by atoms with E-state index in [9.17, 15) is 4.79 Å². The fraction of sp³-hybridized carbons (Fsp3) is 0.480. The van der Waals surface area contributed by atoms with Crippen molar-refractivity contribution in [3.63, 3.8) is 0 Å². The highest BCUT2D eigenvalue weighted by Crippen LogP contribution is 2.25. The molecule has 0 spiro atoms. The van der Waals surface area contributed by atoms with Crippen molar-refractivity contribution in [3.05, 3.63) is 60.2 Å². The van der Waals surface area contributed by atoms with Gasteiger partial charge in [0.15, 0.2) is 0 Å². The molecular formula is C25H36N4O. The number of carbonyl (C=O) groups is 1. The number of hydrogen-bond acceptors (Lipinski definition) is 4. The van der Waals surface area contributed by atoms with Crippen molar-refractivity contribution in [2.75, 3.05) is 56.6 Å². The molecule has 1 fully saturated rings. The van der Waals surface area contributed by atoms with Crippen molar-refractivity contribution in [3.8, 4) is 0 Å². The highest BCUT2D eigenvalue weighted by atomic mass is 16.1. The van der Waals surface area contributed by atoms with Crippen molar-refractivity contribution >= 4 is 17.3 Å². The molecule has 30 heavy (non-hydrogen) atoms. The standard InChI is InChI=1S/C25H36N4O/c1-20(2)18-25(30)26-19-24(21-10-12-22(13-11-21)27(3)4)29-16-14-28(15-17-29)23-8-6-5-7-9-23/h5-13,20,24H,14-19H2,1-4H3,(H,26,30)/t24-/m0/s1. The molecule has 0 bridgehead atoms. The Balaban J connectivity index is 1.70. The van der Waals surface area contributed by atoms with Gasteiger partial charge in [-0.05, 0) is 35.7 Å². The van der Waals surface area contributed by atoms with Gasteiger partial charge in [0.1, 0.15) is 0 Å². The summed E-state index contributed by atoms with van der Waals surface area (Å²) in [5, 5.41) is 3.19. The Morgan fingerprint density at radius 1 is 0.967 bits per heavy atom. The maximum Gasteiger partial charge on any atom is 0.220 e. The van der Waals surface area contributed by atoms with Crippen LogP contribution in [0.2, 0.25) is 0 Å². The number of rotatable bonds is 8. The first-order valence-corrected chi connectivity index (χ1v) is 11.0. The van der Waals surface area contributed by atoms with E-state index >= 15 is 0 Å². The molecule has 162 valence electrons. The molecule has 2 aromatic carbocycles. The molecule has 0 aliphatic carbocycles. The van der Waals surface area contributed by atoms with Gasteiger partial charge in [-0.3, -0.25) is 9.69 Å². The van der Waals surface area contributed by atoms with Crippen molar-refractivity contribution in [1.82, 2.24) is 10.2 Å². The summed E-state index contributed by atoms with van der Waals surface area (Å²) in [7, 11) is 4.11. The quantitative estimate of drug-likeness (QED) is 0.722. The van der Waals surface area contributed by atoms with E-state index in [1.54, 1.807) is 0 Å². The van der Waals surface area contributed by atoms with E-state index in [1.165, 1.54) is 16.9 Å². The molecule has 0 saturated carbocycles. The van der Waals surface area contributed by atoms with Gasteiger partial charge in [0, 0.05) is 64.6 Å². The van der Waals surface area contributed by atoms with Crippen molar-refractivity contribution < 1.29 is 4.79 Å². The van der Waals surface area contributed by atoms with Gasteiger partial charge in [-0.15, -0.1) is 0 Å².